The molecule has 208 valence electrons. The normalized spacial score (nSPS) is 18.4. The molecular formula is C25H29F6N5O2. The number of ether oxygens (including phenoxy) is 1. The van der Waals surface area contributed by atoms with Crippen LogP contribution in [-0.2, 0) is 17.1 Å². The molecule has 1 saturated heterocycles. The van der Waals surface area contributed by atoms with Crippen LogP contribution in [0.3, 0.4) is 0 Å². The lowest BCUT2D eigenvalue weighted by atomic mass is 9.99. The zero-order valence-electron chi connectivity index (χ0n) is 21.3. The van der Waals surface area contributed by atoms with Gasteiger partial charge in [-0.15, -0.1) is 5.10 Å². The predicted molar refractivity (Wildman–Crippen MR) is 129 cm³/mol. The number of piperidine rings is 1. The van der Waals surface area contributed by atoms with Crippen molar-refractivity contribution in [2.24, 2.45) is 10.9 Å². The van der Waals surface area contributed by atoms with Crippen LogP contribution in [0.4, 0.5) is 31.1 Å². The maximum absolute atomic E-state index is 13.1. The van der Waals surface area contributed by atoms with Gasteiger partial charge in [0.1, 0.15) is 11.9 Å². The third kappa shape index (κ3) is 8.32. The molecule has 0 N–H and O–H groups in total. The van der Waals surface area contributed by atoms with Crippen molar-refractivity contribution in [2.75, 3.05) is 13.1 Å². The smallest absolute Gasteiger partial charge is 0.416 e. The first-order valence-electron chi connectivity index (χ1n) is 11.9. The van der Waals surface area contributed by atoms with E-state index < -0.39 is 34.6 Å². The molecule has 1 aliphatic heterocycles. The molecule has 0 aliphatic carbocycles. The maximum atomic E-state index is 13.1. The van der Waals surface area contributed by atoms with Gasteiger partial charge in [0.05, 0.1) is 17.2 Å². The lowest BCUT2D eigenvalue weighted by Crippen LogP contribution is -2.43. The molecule has 2 heterocycles. The van der Waals surface area contributed by atoms with Crippen LogP contribution < -0.4 is 0 Å². The Morgan fingerprint density at radius 1 is 1.11 bits per heavy atom. The van der Waals surface area contributed by atoms with Gasteiger partial charge in [-0.05, 0) is 64.8 Å². The number of hydrogen-bond donors (Lipinski definition) is 0. The van der Waals surface area contributed by atoms with Crippen molar-refractivity contribution < 1.29 is 35.9 Å². The summed E-state index contributed by atoms with van der Waals surface area (Å²) >= 11 is 0. The number of carbonyl (C=O) groups is 1. The zero-order valence-corrected chi connectivity index (χ0v) is 21.3. The third-order valence-corrected chi connectivity index (χ3v) is 5.51. The van der Waals surface area contributed by atoms with Gasteiger partial charge < -0.3 is 9.64 Å². The Morgan fingerprint density at radius 3 is 2.32 bits per heavy atom. The Morgan fingerprint density at radius 2 is 1.74 bits per heavy atom. The Kier molecular flexibility index (Phi) is 8.57. The van der Waals surface area contributed by atoms with Crippen LogP contribution in [0.25, 0.3) is 17.6 Å². The Bertz CT molecular complexity index is 1150. The van der Waals surface area contributed by atoms with Crippen molar-refractivity contribution in [2.45, 2.75) is 64.5 Å². The number of nitrogens with zero attached hydrogens (tertiary/aromatic N) is 5. The summed E-state index contributed by atoms with van der Waals surface area (Å²) in [6.07, 6.45) is -2.55. The van der Waals surface area contributed by atoms with Crippen molar-refractivity contribution in [3.8, 4) is 11.4 Å². The van der Waals surface area contributed by atoms with Gasteiger partial charge in [-0.1, -0.05) is 0 Å². The van der Waals surface area contributed by atoms with E-state index in [-0.39, 0.29) is 29.9 Å². The Hall–Kier alpha value is -3.38. The molecule has 0 radical (unpaired) electrons. The summed E-state index contributed by atoms with van der Waals surface area (Å²) in [5.41, 5.74) is -3.87. The molecule has 1 aromatic carbocycles. The largest absolute Gasteiger partial charge is 0.444 e. The fourth-order valence-electron chi connectivity index (χ4n) is 3.71. The fraction of sp³-hybridized carbons (Fsp3) is 0.520. The molecule has 13 heteroatoms. The van der Waals surface area contributed by atoms with Crippen molar-refractivity contribution in [1.82, 2.24) is 19.7 Å². The molecule has 1 amide bonds. The van der Waals surface area contributed by atoms with Crippen LogP contribution in [0.1, 0.15) is 51.7 Å². The first kappa shape index (κ1) is 29.2. The van der Waals surface area contributed by atoms with Crippen LogP contribution in [0.2, 0.25) is 0 Å². The summed E-state index contributed by atoms with van der Waals surface area (Å²) in [7, 11) is 0. The summed E-state index contributed by atoms with van der Waals surface area (Å²) in [6, 6.07) is 0.899. The number of rotatable bonds is 5. The standard InChI is InChI=1S/C25H29F6N5O2/c1-16(32-13-17-6-5-8-35(14-17)22(37)38-23(2,3)4)7-9-36-15-33-21(34-36)18-10-19(24(26,27)28)12-20(11-18)25(29,30)31/h7,9-13,15-17H,5-6,8,14H2,1-4H3/b9-7-,32-13?. The van der Waals surface area contributed by atoms with Crippen LogP contribution in [0.15, 0.2) is 35.6 Å². The number of aromatic nitrogens is 3. The first-order valence-corrected chi connectivity index (χ1v) is 11.9. The zero-order chi connectivity index (χ0) is 28.3. The summed E-state index contributed by atoms with van der Waals surface area (Å²) in [6.45, 7) is 8.30. The average Bonchev–Trinajstić information content (AvgIpc) is 3.28. The predicted octanol–water partition coefficient (Wildman–Crippen LogP) is 6.56. The highest BCUT2D eigenvalue weighted by Gasteiger charge is 2.37. The van der Waals surface area contributed by atoms with Crippen LogP contribution in [-0.4, -0.2) is 56.7 Å². The molecule has 0 bridgehead atoms. The van der Waals surface area contributed by atoms with Crippen LogP contribution in [0.5, 0.6) is 0 Å². The van der Waals surface area contributed by atoms with E-state index in [2.05, 4.69) is 15.1 Å². The van der Waals surface area contributed by atoms with Gasteiger partial charge in [-0.25, -0.2) is 14.5 Å². The highest BCUT2D eigenvalue weighted by Crippen LogP contribution is 2.38. The topological polar surface area (TPSA) is 72.6 Å². The molecule has 1 aliphatic rings. The van der Waals surface area contributed by atoms with E-state index in [1.54, 1.807) is 44.9 Å². The summed E-state index contributed by atoms with van der Waals surface area (Å²) in [5, 5.41) is 3.98. The second-order valence-electron chi connectivity index (χ2n) is 10.1. The molecule has 2 atom stereocenters. The number of halogens is 6. The van der Waals surface area contributed by atoms with Crippen LogP contribution >= 0.6 is 0 Å². The molecule has 1 fully saturated rings. The minimum Gasteiger partial charge on any atom is -0.444 e. The van der Waals surface area contributed by atoms with E-state index in [0.717, 1.165) is 12.8 Å². The molecule has 0 spiro atoms. The lowest BCUT2D eigenvalue weighted by Gasteiger charge is -2.32. The van der Waals surface area contributed by atoms with Gasteiger partial charge in [0.15, 0.2) is 5.82 Å². The number of amides is 1. The Labute approximate surface area is 216 Å². The SMILES string of the molecule is CC(/C=C\n1cnc(-c2cc(C(F)(F)F)cc(C(F)(F)F)c2)n1)N=CC1CCCN(C(=O)OC(C)(C)C)C1. The highest BCUT2D eigenvalue weighted by atomic mass is 19.4. The van der Waals surface area contributed by atoms with E-state index >= 15 is 0 Å². The summed E-state index contributed by atoms with van der Waals surface area (Å²) < 4.78 is 85.4. The molecule has 2 aromatic rings. The molecule has 38 heavy (non-hydrogen) atoms. The van der Waals surface area contributed by atoms with Crippen molar-refractivity contribution in [3.05, 3.63) is 41.7 Å². The number of carbonyl (C=O) groups excluding carboxylic acids is 1. The van der Waals surface area contributed by atoms with Crippen LogP contribution in [0, 0.1) is 5.92 Å². The molecular weight excluding hydrogens is 516 g/mol. The number of alkyl halides is 6. The highest BCUT2D eigenvalue weighted by molar-refractivity contribution is 5.70. The fourth-order valence-corrected chi connectivity index (χ4v) is 3.71. The van der Waals surface area contributed by atoms with Gasteiger partial charge in [0.25, 0.3) is 0 Å². The van der Waals surface area contributed by atoms with Gasteiger partial charge in [0.2, 0.25) is 0 Å². The van der Waals surface area contributed by atoms with Crippen molar-refractivity contribution >= 4 is 18.5 Å². The molecule has 0 saturated carbocycles. The van der Waals surface area contributed by atoms with Gasteiger partial charge in [0, 0.05) is 37.0 Å². The molecule has 7 nitrogen and oxygen atoms in total. The van der Waals surface area contributed by atoms with E-state index in [1.165, 1.54) is 17.2 Å². The Balaban J connectivity index is 1.66. The summed E-state index contributed by atoms with van der Waals surface area (Å²) in [5.74, 6) is -0.235. The second-order valence-corrected chi connectivity index (χ2v) is 10.1. The number of likely N-dealkylation sites (tertiary alicyclic amines) is 1. The lowest BCUT2D eigenvalue weighted by molar-refractivity contribution is -0.143. The van der Waals surface area contributed by atoms with Gasteiger partial charge >= 0.3 is 18.4 Å². The van der Waals surface area contributed by atoms with E-state index in [4.69, 9.17) is 4.74 Å². The van der Waals surface area contributed by atoms with Gasteiger partial charge in [-0.2, -0.15) is 26.3 Å². The molecule has 1 aromatic heterocycles. The van der Waals surface area contributed by atoms with E-state index in [0.29, 0.717) is 25.2 Å². The monoisotopic (exact) mass is 545 g/mol. The number of hydrogen-bond acceptors (Lipinski definition) is 5. The first-order chi connectivity index (χ1) is 17.5. The van der Waals surface area contributed by atoms with E-state index in [9.17, 15) is 31.1 Å². The van der Waals surface area contributed by atoms with E-state index in [1.807, 2.05) is 0 Å². The average molecular weight is 546 g/mol. The second kappa shape index (κ2) is 11.2. The maximum Gasteiger partial charge on any atom is 0.416 e. The quantitative estimate of drug-likeness (QED) is 0.315. The number of aliphatic imine (C=N–C) groups is 1. The van der Waals surface area contributed by atoms with Gasteiger partial charge in [-0.3, -0.25) is 4.99 Å². The van der Waals surface area contributed by atoms with Crippen molar-refractivity contribution in [1.29, 1.82) is 0 Å². The third-order valence-electron chi connectivity index (χ3n) is 5.51. The van der Waals surface area contributed by atoms with Crippen molar-refractivity contribution in [3.63, 3.8) is 0 Å². The molecule has 3 rings (SSSR count). The minimum atomic E-state index is -4.96. The minimum absolute atomic E-state index is 0.0498. The molecule has 2 unspecified atom stereocenters. The number of benzene rings is 1. The summed E-state index contributed by atoms with van der Waals surface area (Å²) in [4.78, 5) is 22.3.